The highest BCUT2D eigenvalue weighted by molar-refractivity contribution is 5.95. The first kappa shape index (κ1) is 20.7. The number of benzene rings is 1. The molecule has 152 valence electrons. The number of carbonyl (C=O) groups is 1. The number of hydrogen-bond donors (Lipinski definition) is 1. The van der Waals surface area contributed by atoms with Crippen molar-refractivity contribution in [3.63, 3.8) is 0 Å². The van der Waals surface area contributed by atoms with Gasteiger partial charge in [-0.15, -0.1) is 12.4 Å². The van der Waals surface area contributed by atoms with Crippen molar-refractivity contribution in [2.45, 2.75) is 31.4 Å². The lowest BCUT2D eigenvalue weighted by Crippen LogP contribution is -2.34. The highest BCUT2D eigenvalue weighted by Gasteiger charge is 2.35. The molecule has 1 aliphatic carbocycles. The van der Waals surface area contributed by atoms with E-state index in [4.69, 9.17) is 0 Å². The van der Waals surface area contributed by atoms with Gasteiger partial charge in [-0.05, 0) is 44.0 Å². The third-order valence-corrected chi connectivity index (χ3v) is 5.05. The molecule has 1 saturated heterocycles. The van der Waals surface area contributed by atoms with Gasteiger partial charge in [-0.1, -0.05) is 6.07 Å². The number of amides is 1. The van der Waals surface area contributed by atoms with Crippen LogP contribution in [-0.4, -0.2) is 46.8 Å². The fourth-order valence-electron chi connectivity index (χ4n) is 3.51. The van der Waals surface area contributed by atoms with Crippen molar-refractivity contribution < 1.29 is 18.0 Å². The molecule has 0 atom stereocenters. The Balaban J connectivity index is 0.00000225. The van der Waals surface area contributed by atoms with Gasteiger partial charge in [0.2, 0.25) is 0 Å². The standard InChI is InChI=1S/C19H21F3N4O.ClH/c20-19(21,22)14-3-1-4-15(11-14)26-17(13-5-6-13)16(12-24-26)18(27)25-9-2-7-23-8-10-25;/h1,3-4,11-13,23H,2,5-10H2;1H. The molecule has 4 rings (SSSR count). The molecule has 1 N–H and O–H groups in total. The van der Waals surface area contributed by atoms with Crippen molar-refractivity contribution in [1.82, 2.24) is 20.0 Å². The number of carbonyl (C=O) groups excluding carboxylic acids is 1. The number of hydrogen-bond acceptors (Lipinski definition) is 3. The van der Waals surface area contributed by atoms with Gasteiger partial charge in [0.05, 0.1) is 28.7 Å². The Bertz CT molecular complexity index is 840. The number of alkyl halides is 3. The van der Waals surface area contributed by atoms with Crippen LogP contribution in [0.5, 0.6) is 0 Å². The van der Waals surface area contributed by atoms with Crippen molar-refractivity contribution in [2.24, 2.45) is 0 Å². The molecule has 28 heavy (non-hydrogen) atoms. The van der Waals surface area contributed by atoms with E-state index < -0.39 is 11.7 Å². The predicted molar refractivity (Wildman–Crippen MR) is 101 cm³/mol. The second-order valence-corrected chi connectivity index (χ2v) is 7.07. The number of aromatic nitrogens is 2. The molecule has 0 radical (unpaired) electrons. The van der Waals surface area contributed by atoms with Gasteiger partial charge in [0.15, 0.2) is 0 Å². The summed E-state index contributed by atoms with van der Waals surface area (Å²) in [6, 6.07) is 5.10. The van der Waals surface area contributed by atoms with Gasteiger partial charge in [0.25, 0.3) is 5.91 Å². The Morgan fingerprint density at radius 3 is 2.68 bits per heavy atom. The maximum Gasteiger partial charge on any atom is 0.416 e. The Kier molecular flexibility index (Phi) is 6.00. The monoisotopic (exact) mass is 414 g/mol. The molecule has 5 nitrogen and oxygen atoms in total. The van der Waals surface area contributed by atoms with E-state index in [0.717, 1.165) is 50.2 Å². The lowest BCUT2D eigenvalue weighted by Gasteiger charge is -2.20. The normalized spacial score (nSPS) is 17.8. The molecule has 0 bridgehead atoms. The predicted octanol–water partition coefficient (Wildman–Crippen LogP) is 3.63. The fraction of sp³-hybridized carbons (Fsp3) is 0.474. The summed E-state index contributed by atoms with van der Waals surface area (Å²) in [5.41, 5.74) is 0.861. The second kappa shape index (κ2) is 8.13. The van der Waals surface area contributed by atoms with Crippen LogP contribution in [0.1, 0.15) is 46.8 Å². The van der Waals surface area contributed by atoms with Crippen LogP contribution in [-0.2, 0) is 6.18 Å². The first-order valence-electron chi connectivity index (χ1n) is 9.20. The van der Waals surface area contributed by atoms with Crippen LogP contribution < -0.4 is 5.32 Å². The summed E-state index contributed by atoms with van der Waals surface area (Å²) in [6.45, 7) is 2.91. The van der Waals surface area contributed by atoms with E-state index in [1.807, 2.05) is 0 Å². The number of halogens is 4. The maximum atomic E-state index is 13.1. The molecular formula is C19H22ClF3N4O. The number of nitrogens with one attached hydrogen (secondary N) is 1. The molecule has 0 spiro atoms. The lowest BCUT2D eigenvalue weighted by atomic mass is 10.1. The minimum atomic E-state index is -4.42. The minimum absolute atomic E-state index is 0. The summed E-state index contributed by atoms with van der Waals surface area (Å²) in [5.74, 6) is 0.0879. The Labute approximate surface area is 167 Å². The third-order valence-electron chi connectivity index (χ3n) is 5.05. The van der Waals surface area contributed by atoms with Crippen molar-refractivity contribution in [3.8, 4) is 5.69 Å². The van der Waals surface area contributed by atoms with Crippen LogP contribution in [0, 0.1) is 0 Å². The van der Waals surface area contributed by atoms with Gasteiger partial charge in [0, 0.05) is 25.6 Å². The van der Waals surface area contributed by atoms with Crippen LogP contribution in [0.4, 0.5) is 13.2 Å². The zero-order chi connectivity index (χ0) is 19.0. The molecule has 1 aromatic carbocycles. The van der Waals surface area contributed by atoms with E-state index in [2.05, 4.69) is 10.4 Å². The van der Waals surface area contributed by atoms with E-state index in [1.165, 1.54) is 16.9 Å². The van der Waals surface area contributed by atoms with Crippen molar-refractivity contribution in [1.29, 1.82) is 0 Å². The Morgan fingerprint density at radius 2 is 1.96 bits per heavy atom. The molecule has 2 aromatic rings. The zero-order valence-corrected chi connectivity index (χ0v) is 16.0. The molecule has 1 amide bonds. The molecular weight excluding hydrogens is 393 g/mol. The minimum Gasteiger partial charge on any atom is -0.337 e. The van der Waals surface area contributed by atoms with Gasteiger partial charge < -0.3 is 10.2 Å². The molecule has 1 aromatic heterocycles. The highest BCUT2D eigenvalue weighted by Crippen LogP contribution is 2.43. The topological polar surface area (TPSA) is 50.2 Å². The van der Waals surface area contributed by atoms with Crippen molar-refractivity contribution in [2.75, 3.05) is 26.2 Å². The van der Waals surface area contributed by atoms with Crippen LogP contribution >= 0.6 is 12.4 Å². The third kappa shape index (κ3) is 4.17. The zero-order valence-electron chi connectivity index (χ0n) is 15.2. The average Bonchev–Trinajstić information content (AvgIpc) is 3.44. The highest BCUT2D eigenvalue weighted by atomic mass is 35.5. The smallest absolute Gasteiger partial charge is 0.337 e. The largest absolute Gasteiger partial charge is 0.416 e. The molecule has 2 fully saturated rings. The first-order chi connectivity index (χ1) is 12.9. The van der Waals surface area contributed by atoms with Gasteiger partial charge >= 0.3 is 6.18 Å². The van der Waals surface area contributed by atoms with Crippen molar-refractivity contribution in [3.05, 3.63) is 47.3 Å². The van der Waals surface area contributed by atoms with E-state index >= 15 is 0 Å². The number of nitrogens with zero attached hydrogens (tertiary/aromatic N) is 3. The summed E-state index contributed by atoms with van der Waals surface area (Å²) in [5, 5.41) is 7.56. The average molecular weight is 415 g/mol. The molecule has 2 aliphatic rings. The summed E-state index contributed by atoms with van der Waals surface area (Å²) >= 11 is 0. The molecule has 0 unspecified atom stereocenters. The second-order valence-electron chi connectivity index (χ2n) is 7.07. The quantitative estimate of drug-likeness (QED) is 0.834. The van der Waals surface area contributed by atoms with Gasteiger partial charge in [-0.25, -0.2) is 4.68 Å². The van der Waals surface area contributed by atoms with Crippen LogP contribution in [0.25, 0.3) is 5.69 Å². The fourth-order valence-corrected chi connectivity index (χ4v) is 3.51. The van der Waals surface area contributed by atoms with E-state index in [0.29, 0.717) is 24.3 Å². The Morgan fingerprint density at radius 1 is 1.18 bits per heavy atom. The number of rotatable bonds is 3. The summed E-state index contributed by atoms with van der Waals surface area (Å²) in [4.78, 5) is 14.8. The van der Waals surface area contributed by atoms with E-state index in [-0.39, 0.29) is 24.2 Å². The summed E-state index contributed by atoms with van der Waals surface area (Å²) < 4.78 is 40.7. The molecule has 9 heteroatoms. The van der Waals surface area contributed by atoms with Gasteiger partial charge in [0.1, 0.15) is 0 Å². The summed E-state index contributed by atoms with van der Waals surface area (Å²) in [6.07, 6.45) is -0.180. The van der Waals surface area contributed by atoms with Crippen LogP contribution in [0.2, 0.25) is 0 Å². The maximum absolute atomic E-state index is 13.1. The van der Waals surface area contributed by atoms with Crippen LogP contribution in [0.3, 0.4) is 0 Å². The van der Waals surface area contributed by atoms with Crippen molar-refractivity contribution >= 4 is 18.3 Å². The molecule has 1 aliphatic heterocycles. The van der Waals surface area contributed by atoms with E-state index in [1.54, 1.807) is 11.0 Å². The van der Waals surface area contributed by atoms with Gasteiger partial charge in [-0.2, -0.15) is 18.3 Å². The molecule has 2 heterocycles. The lowest BCUT2D eigenvalue weighted by molar-refractivity contribution is -0.137. The SMILES string of the molecule is Cl.O=C(c1cnn(-c2cccc(C(F)(F)F)c2)c1C1CC1)N1CCCNCC1. The van der Waals surface area contributed by atoms with E-state index in [9.17, 15) is 18.0 Å². The van der Waals surface area contributed by atoms with Crippen LogP contribution in [0.15, 0.2) is 30.5 Å². The van der Waals surface area contributed by atoms with Gasteiger partial charge in [-0.3, -0.25) is 4.79 Å². The summed E-state index contributed by atoms with van der Waals surface area (Å²) in [7, 11) is 0. The Hall–Kier alpha value is -2.06. The molecule has 1 saturated carbocycles. The first-order valence-corrected chi connectivity index (χ1v) is 9.20.